The van der Waals surface area contributed by atoms with E-state index in [1.54, 1.807) is 25.0 Å². The summed E-state index contributed by atoms with van der Waals surface area (Å²) in [5, 5.41) is 7.26. The fourth-order valence-corrected chi connectivity index (χ4v) is 5.36. The molecule has 4 nitrogen and oxygen atoms in total. The fraction of sp³-hybridized carbons (Fsp3) is 0.217. The average Bonchev–Trinajstić information content (AvgIpc) is 3.02. The second-order valence-electron chi connectivity index (χ2n) is 7.07. The minimum Gasteiger partial charge on any atom is -0.343 e. The molecule has 0 fully saturated rings. The molecular formula is C23H21Cl2N3OS. The molecule has 2 aromatic heterocycles. The highest BCUT2D eigenvalue weighted by Gasteiger charge is 2.19. The van der Waals surface area contributed by atoms with Crippen LogP contribution in [0.2, 0.25) is 10.0 Å². The van der Waals surface area contributed by atoms with Gasteiger partial charge in [0.25, 0.3) is 5.56 Å². The predicted octanol–water partition coefficient (Wildman–Crippen LogP) is 5.95. The van der Waals surface area contributed by atoms with Crippen LogP contribution in [0.15, 0.2) is 59.5 Å². The first kappa shape index (κ1) is 21.0. The molecule has 0 saturated heterocycles. The van der Waals surface area contributed by atoms with E-state index >= 15 is 0 Å². The van der Waals surface area contributed by atoms with Crippen LogP contribution in [0, 0.1) is 6.92 Å². The molecule has 0 atom stereocenters. The van der Waals surface area contributed by atoms with Gasteiger partial charge in [-0.3, -0.25) is 4.79 Å². The Morgan fingerprint density at radius 2 is 1.73 bits per heavy atom. The molecule has 0 amide bonds. The zero-order valence-electron chi connectivity index (χ0n) is 16.7. The lowest BCUT2D eigenvalue weighted by molar-refractivity contribution is 0.717. The van der Waals surface area contributed by atoms with Gasteiger partial charge in [0, 0.05) is 46.2 Å². The Balaban J connectivity index is 1.67. The summed E-state index contributed by atoms with van der Waals surface area (Å²) in [7, 11) is 1.68. The van der Waals surface area contributed by atoms with Gasteiger partial charge in [-0.2, -0.15) is 16.9 Å². The first-order valence-corrected chi connectivity index (χ1v) is 11.5. The van der Waals surface area contributed by atoms with Crippen molar-refractivity contribution < 1.29 is 0 Å². The molecule has 154 valence electrons. The molecule has 7 heteroatoms. The number of hydrogen-bond donors (Lipinski definition) is 0. The number of benzene rings is 2. The van der Waals surface area contributed by atoms with Crippen molar-refractivity contribution in [1.82, 2.24) is 14.3 Å². The van der Waals surface area contributed by atoms with Crippen molar-refractivity contribution >= 4 is 45.7 Å². The van der Waals surface area contributed by atoms with Crippen molar-refractivity contribution in [3.63, 3.8) is 0 Å². The normalized spacial score (nSPS) is 11.3. The zero-order valence-corrected chi connectivity index (χ0v) is 19.1. The Hall–Kier alpha value is -2.21. The van der Waals surface area contributed by atoms with Crippen LogP contribution in [0.1, 0.15) is 11.3 Å². The van der Waals surface area contributed by atoms with E-state index in [0.29, 0.717) is 10.0 Å². The summed E-state index contributed by atoms with van der Waals surface area (Å²) in [5.74, 6) is 1.60. The van der Waals surface area contributed by atoms with E-state index in [4.69, 9.17) is 23.2 Å². The number of halogens is 2. The van der Waals surface area contributed by atoms with Gasteiger partial charge < -0.3 is 4.57 Å². The molecule has 0 bridgehead atoms. The minimum absolute atomic E-state index is 0.0727. The van der Waals surface area contributed by atoms with E-state index < -0.39 is 0 Å². The highest BCUT2D eigenvalue weighted by molar-refractivity contribution is 7.98. The van der Waals surface area contributed by atoms with Gasteiger partial charge >= 0.3 is 0 Å². The quantitative estimate of drug-likeness (QED) is 0.335. The van der Waals surface area contributed by atoms with Crippen LogP contribution in [-0.2, 0) is 19.3 Å². The summed E-state index contributed by atoms with van der Waals surface area (Å²) in [6.07, 6.45) is 1.79. The number of aromatic nitrogens is 3. The van der Waals surface area contributed by atoms with E-state index in [1.807, 2.05) is 43.3 Å². The van der Waals surface area contributed by atoms with E-state index in [2.05, 4.69) is 21.8 Å². The van der Waals surface area contributed by atoms with Gasteiger partial charge in [-0.15, -0.1) is 0 Å². The SMILES string of the molecule is Cc1c2c(=O)n(C)ncc2c(-c2ccccc2)n1CCSCc1c(Cl)cccc1Cl. The Labute approximate surface area is 189 Å². The van der Waals surface area contributed by atoms with Crippen LogP contribution in [-0.4, -0.2) is 20.1 Å². The predicted molar refractivity (Wildman–Crippen MR) is 128 cm³/mol. The van der Waals surface area contributed by atoms with E-state index in [1.165, 1.54) is 4.68 Å². The fourth-order valence-electron chi connectivity index (χ4n) is 3.70. The average molecular weight is 458 g/mol. The summed E-state index contributed by atoms with van der Waals surface area (Å²) in [6.45, 7) is 2.77. The third kappa shape index (κ3) is 3.89. The molecule has 0 radical (unpaired) electrons. The van der Waals surface area contributed by atoms with Crippen LogP contribution in [0.3, 0.4) is 0 Å². The Bertz CT molecular complexity index is 1240. The smallest absolute Gasteiger partial charge is 0.276 e. The highest BCUT2D eigenvalue weighted by Crippen LogP contribution is 2.33. The van der Waals surface area contributed by atoms with E-state index in [9.17, 15) is 4.79 Å². The highest BCUT2D eigenvalue weighted by atomic mass is 35.5. The van der Waals surface area contributed by atoms with Crippen LogP contribution < -0.4 is 5.56 Å². The maximum atomic E-state index is 12.8. The van der Waals surface area contributed by atoms with Crippen LogP contribution in [0.25, 0.3) is 22.0 Å². The number of nitrogens with zero attached hydrogens (tertiary/aromatic N) is 3. The molecule has 0 saturated carbocycles. The van der Waals surface area contributed by atoms with Crippen molar-refractivity contribution in [3.8, 4) is 11.3 Å². The van der Waals surface area contributed by atoms with Crippen LogP contribution >= 0.6 is 35.0 Å². The number of fused-ring (bicyclic) bond motifs is 1. The third-order valence-electron chi connectivity index (χ3n) is 5.24. The zero-order chi connectivity index (χ0) is 21.3. The van der Waals surface area contributed by atoms with Crippen molar-refractivity contribution in [3.05, 3.63) is 86.4 Å². The first-order chi connectivity index (χ1) is 14.5. The molecule has 4 rings (SSSR count). The summed E-state index contributed by atoms with van der Waals surface area (Å²) in [4.78, 5) is 12.8. The number of hydrogen-bond acceptors (Lipinski definition) is 3. The second-order valence-corrected chi connectivity index (χ2v) is 8.99. The van der Waals surface area contributed by atoms with Gasteiger partial charge in [0.1, 0.15) is 0 Å². The number of rotatable bonds is 6. The molecule has 0 N–H and O–H groups in total. The van der Waals surface area contributed by atoms with Crippen molar-refractivity contribution in [2.45, 2.75) is 19.2 Å². The molecule has 0 aliphatic heterocycles. The summed E-state index contributed by atoms with van der Waals surface area (Å²) in [5.41, 5.74) is 3.95. The Morgan fingerprint density at radius 3 is 2.43 bits per heavy atom. The molecule has 2 aromatic carbocycles. The summed E-state index contributed by atoms with van der Waals surface area (Å²) >= 11 is 14.4. The van der Waals surface area contributed by atoms with Gasteiger partial charge in [0.05, 0.1) is 17.3 Å². The molecule has 0 unspecified atom stereocenters. The summed E-state index contributed by atoms with van der Waals surface area (Å²) in [6, 6.07) is 15.7. The Kier molecular flexibility index (Phi) is 6.23. The standard InChI is InChI=1S/C23H21Cl2N3OS/c1-15-21-17(13-26-27(2)23(21)29)22(16-7-4-3-5-8-16)28(15)11-12-30-14-18-19(24)9-6-10-20(18)25/h3-10,13H,11-12,14H2,1-2H3. The molecular weight excluding hydrogens is 437 g/mol. The second kappa shape index (κ2) is 8.88. The number of thioether (sulfide) groups is 1. The summed E-state index contributed by atoms with van der Waals surface area (Å²) < 4.78 is 3.62. The minimum atomic E-state index is -0.0727. The molecule has 0 spiro atoms. The van der Waals surface area contributed by atoms with Crippen molar-refractivity contribution in [1.29, 1.82) is 0 Å². The monoisotopic (exact) mass is 457 g/mol. The molecule has 2 heterocycles. The lowest BCUT2D eigenvalue weighted by Crippen LogP contribution is -2.19. The van der Waals surface area contributed by atoms with Gasteiger partial charge in [0.15, 0.2) is 0 Å². The Morgan fingerprint density at radius 1 is 1.03 bits per heavy atom. The lowest BCUT2D eigenvalue weighted by atomic mass is 10.1. The maximum Gasteiger partial charge on any atom is 0.276 e. The molecule has 4 aromatic rings. The molecule has 0 aliphatic carbocycles. The largest absolute Gasteiger partial charge is 0.343 e. The first-order valence-electron chi connectivity index (χ1n) is 9.60. The van der Waals surface area contributed by atoms with Crippen LogP contribution in [0.4, 0.5) is 0 Å². The van der Waals surface area contributed by atoms with Gasteiger partial charge in [-0.1, -0.05) is 59.6 Å². The lowest BCUT2D eigenvalue weighted by Gasteiger charge is -2.13. The van der Waals surface area contributed by atoms with E-state index in [-0.39, 0.29) is 5.56 Å². The maximum absolute atomic E-state index is 12.8. The van der Waals surface area contributed by atoms with Gasteiger partial charge in [0.2, 0.25) is 0 Å². The van der Waals surface area contributed by atoms with Crippen molar-refractivity contribution in [2.24, 2.45) is 7.05 Å². The van der Waals surface area contributed by atoms with E-state index in [0.717, 1.165) is 51.3 Å². The number of aryl methyl sites for hydroxylation is 2. The third-order valence-corrected chi connectivity index (χ3v) is 6.92. The molecule has 0 aliphatic rings. The van der Waals surface area contributed by atoms with Gasteiger partial charge in [-0.25, -0.2) is 4.68 Å². The van der Waals surface area contributed by atoms with Crippen molar-refractivity contribution in [2.75, 3.05) is 5.75 Å². The topological polar surface area (TPSA) is 39.8 Å². The molecule has 30 heavy (non-hydrogen) atoms. The van der Waals surface area contributed by atoms with Gasteiger partial charge in [-0.05, 0) is 30.2 Å². The van der Waals surface area contributed by atoms with Crippen LogP contribution in [0.5, 0.6) is 0 Å².